The first kappa shape index (κ1) is 11.2. The van der Waals surface area contributed by atoms with E-state index in [9.17, 15) is 4.79 Å². The zero-order chi connectivity index (χ0) is 11.5. The molecule has 0 N–H and O–H groups in total. The summed E-state index contributed by atoms with van der Waals surface area (Å²) in [6.45, 7) is 2.11. The number of Topliss-reactive ketones (excluding diaryl/α,β-unsaturated/α-hetero) is 1. The van der Waals surface area contributed by atoms with E-state index >= 15 is 0 Å². The molecule has 0 atom stereocenters. The second-order valence-electron chi connectivity index (χ2n) is 4.72. The van der Waals surface area contributed by atoms with Crippen molar-refractivity contribution in [2.45, 2.75) is 38.6 Å². The minimum absolute atomic E-state index is 0.425. The Hall–Kier alpha value is -1.31. The normalized spacial score (nSPS) is 17.5. The predicted octanol–water partition coefficient (Wildman–Crippen LogP) is 2.94. The Balaban J connectivity index is 2.07. The molecule has 1 fully saturated rings. The molecule has 86 valence electrons. The summed E-state index contributed by atoms with van der Waals surface area (Å²) in [4.78, 5) is 13.5. The van der Waals surface area contributed by atoms with Gasteiger partial charge < -0.3 is 4.90 Å². The van der Waals surface area contributed by atoms with Crippen molar-refractivity contribution in [2.75, 3.05) is 11.9 Å². The number of carbonyl (C=O) groups is 1. The van der Waals surface area contributed by atoms with Crippen molar-refractivity contribution < 1.29 is 4.79 Å². The predicted molar refractivity (Wildman–Crippen MR) is 66.8 cm³/mol. The van der Waals surface area contributed by atoms with Crippen molar-refractivity contribution in [1.29, 1.82) is 0 Å². The largest absolute Gasteiger partial charge is 0.372 e. The van der Waals surface area contributed by atoms with Crippen LogP contribution in [-0.2, 0) is 4.79 Å². The van der Waals surface area contributed by atoms with E-state index in [2.05, 4.69) is 43.1 Å². The van der Waals surface area contributed by atoms with Crippen molar-refractivity contribution in [3.8, 4) is 0 Å². The Bertz CT molecular complexity index is 376. The van der Waals surface area contributed by atoms with Gasteiger partial charge in [-0.2, -0.15) is 0 Å². The highest BCUT2D eigenvalue weighted by Crippen LogP contribution is 2.25. The van der Waals surface area contributed by atoms with Crippen LogP contribution in [0.3, 0.4) is 0 Å². The van der Waals surface area contributed by atoms with Gasteiger partial charge in [0.15, 0.2) is 0 Å². The zero-order valence-electron chi connectivity index (χ0n) is 10.1. The Labute approximate surface area is 97.3 Å². The van der Waals surface area contributed by atoms with Crippen LogP contribution in [0.5, 0.6) is 0 Å². The molecule has 0 bridgehead atoms. The van der Waals surface area contributed by atoms with E-state index in [4.69, 9.17) is 0 Å². The molecule has 1 aliphatic rings. The van der Waals surface area contributed by atoms with E-state index in [0.717, 1.165) is 25.7 Å². The Morgan fingerprint density at radius 3 is 2.56 bits per heavy atom. The first-order valence-electron chi connectivity index (χ1n) is 5.98. The van der Waals surface area contributed by atoms with Crippen LogP contribution in [0.15, 0.2) is 24.3 Å². The van der Waals surface area contributed by atoms with E-state index < -0.39 is 0 Å². The first-order valence-corrected chi connectivity index (χ1v) is 5.98. The molecule has 1 aromatic rings. The van der Waals surface area contributed by atoms with Gasteiger partial charge in [-0.3, -0.25) is 4.79 Å². The van der Waals surface area contributed by atoms with Gasteiger partial charge in [0.05, 0.1) is 0 Å². The minimum Gasteiger partial charge on any atom is -0.372 e. The fourth-order valence-corrected chi connectivity index (χ4v) is 2.37. The monoisotopic (exact) mass is 217 g/mol. The summed E-state index contributed by atoms with van der Waals surface area (Å²) in [5.41, 5.74) is 2.55. The SMILES string of the molecule is Cc1cccc(N(C)C2CCC(=O)CC2)c1. The molecule has 1 aromatic carbocycles. The van der Waals surface area contributed by atoms with Gasteiger partial charge >= 0.3 is 0 Å². The highest BCUT2D eigenvalue weighted by atomic mass is 16.1. The second kappa shape index (κ2) is 4.69. The Kier molecular flexibility index (Phi) is 3.28. The van der Waals surface area contributed by atoms with Crippen LogP contribution in [0.4, 0.5) is 5.69 Å². The first-order chi connectivity index (χ1) is 7.66. The fraction of sp³-hybridized carbons (Fsp3) is 0.500. The van der Waals surface area contributed by atoms with Crippen molar-refractivity contribution in [3.63, 3.8) is 0 Å². The maximum atomic E-state index is 11.2. The maximum absolute atomic E-state index is 11.2. The molecule has 2 nitrogen and oxygen atoms in total. The van der Waals surface area contributed by atoms with Crippen molar-refractivity contribution in [1.82, 2.24) is 0 Å². The quantitative estimate of drug-likeness (QED) is 0.759. The van der Waals surface area contributed by atoms with Crippen LogP contribution >= 0.6 is 0 Å². The van der Waals surface area contributed by atoms with Gasteiger partial charge in [-0.25, -0.2) is 0 Å². The van der Waals surface area contributed by atoms with Crippen LogP contribution in [0.25, 0.3) is 0 Å². The van der Waals surface area contributed by atoms with Crippen molar-refractivity contribution in [2.24, 2.45) is 0 Å². The molecule has 1 aliphatic carbocycles. The summed E-state index contributed by atoms with van der Waals surface area (Å²) in [5.74, 6) is 0.425. The standard InChI is InChI=1S/C14H19NO/c1-11-4-3-5-13(10-11)15(2)12-6-8-14(16)9-7-12/h3-5,10,12H,6-9H2,1-2H3. The lowest BCUT2D eigenvalue weighted by Gasteiger charge is -2.32. The average Bonchev–Trinajstić information content (AvgIpc) is 2.29. The van der Waals surface area contributed by atoms with Crippen LogP contribution in [0.2, 0.25) is 0 Å². The van der Waals surface area contributed by atoms with Crippen molar-refractivity contribution in [3.05, 3.63) is 29.8 Å². The zero-order valence-corrected chi connectivity index (χ0v) is 10.1. The van der Waals surface area contributed by atoms with Gasteiger partial charge in [0.25, 0.3) is 0 Å². The number of hydrogen-bond donors (Lipinski definition) is 0. The topological polar surface area (TPSA) is 20.3 Å². The number of ketones is 1. The molecule has 0 aliphatic heterocycles. The van der Waals surface area contributed by atoms with E-state index in [0.29, 0.717) is 11.8 Å². The maximum Gasteiger partial charge on any atom is 0.133 e. The lowest BCUT2D eigenvalue weighted by atomic mass is 9.93. The number of hydrogen-bond acceptors (Lipinski definition) is 2. The van der Waals surface area contributed by atoms with Gasteiger partial charge in [0.2, 0.25) is 0 Å². The molecule has 0 unspecified atom stereocenters. The van der Waals surface area contributed by atoms with E-state index in [-0.39, 0.29) is 0 Å². The number of nitrogens with zero attached hydrogens (tertiary/aromatic N) is 1. The van der Waals surface area contributed by atoms with Crippen LogP contribution in [0.1, 0.15) is 31.2 Å². The third-order valence-corrected chi connectivity index (χ3v) is 3.47. The van der Waals surface area contributed by atoms with Crippen molar-refractivity contribution >= 4 is 11.5 Å². The van der Waals surface area contributed by atoms with E-state index in [1.165, 1.54) is 11.3 Å². The summed E-state index contributed by atoms with van der Waals surface area (Å²) in [6.07, 6.45) is 3.51. The molecule has 0 heterocycles. The second-order valence-corrected chi connectivity index (χ2v) is 4.72. The van der Waals surface area contributed by atoms with Gasteiger partial charge in [-0.05, 0) is 37.5 Å². The number of aryl methyl sites for hydroxylation is 1. The highest BCUT2D eigenvalue weighted by molar-refractivity contribution is 5.79. The number of rotatable bonds is 2. The summed E-state index contributed by atoms with van der Waals surface area (Å²) < 4.78 is 0. The summed E-state index contributed by atoms with van der Waals surface area (Å²) in [6, 6.07) is 9.08. The molecule has 2 heteroatoms. The van der Waals surface area contributed by atoms with E-state index in [1.807, 2.05) is 0 Å². The Morgan fingerprint density at radius 2 is 1.94 bits per heavy atom. The third kappa shape index (κ3) is 2.43. The molecular weight excluding hydrogens is 198 g/mol. The number of carbonyl (C=O) groups excluding carboxylic acids is 1. The molecule has 0 amide bonds. The Morgan fingerprint density at radius 1 is 1.25 bits per heavy atom. The molecule has 0 aromatic heterocycles. The summed E-state index contributed by atoms with van der Waals surface area (Å²) >= 11 is 0. The average molecular weight is 217 g/mol. The summed E-state index contributed by atoms with van der Waals surface area (Å²) in [5, 5.41) is 0. The van der Waals surface area contributed by atoms with Crippen LogP contribution in [0, 0.1) is 6.92 Å². The lowest BCUT2D eigenvalue weighted by Crippen LogP contribution is -2.35. The van der Waals surface area contributed by atoms with Crippen LogP contribution < -0.4 is 4.90 Å². The van der Waals surface area contributed by atoms with Gasteiger partial charge in [-0.15, -0.1) is 0 Å². The third-order valence-electron chi connectivity index (χ3n) is 3.47. The fourth-order valence-electron chi connectivity index (χ4n) is 2.37. The number of benzene rings is 1. The van der Waals surface area contributed by atoms with Gasteiger partial charge in [0, 0.05) is 31.6 Å². The smallest absolute Gasteiger partial charge is 0.133 e. The number of anilines is 1. The summed E-state index contributed by atoms with van der Waals surface area (Å²) in [7, 11) is 2.13. The minimum atomic E-state index is 0.425. The van der Waals surface area contributed by atoms with Gasteiger partial charge in [-0.1, -0.05) is 12.1 Å². The molecule has 16 heavy (non-hydrogen) atoms. The lowest BCUT2D eigenvalue weighted by molar-refractivity contribution is -0.120. The molecular formula is C14H19NO. The molecule has 0 spiro atoms. The molecule has 0 saturated heterocycles. The van der Waals surface area contributed by atoms with Crippen LogP contribution in [-0.4, -0.2) is 18.9 Å². The molecule has 0 radical (unpaired) electrons. The van der Waals surface area contributed by atoms with E-state index in [1.54, 1.807) is 0 Å². The van der Waals surface area contributed by atoms with Gasteiger partial charge in [0.1, 0.15) is 5.78 Å². The highest BCUT2D eigenvalue weighted by Gasteiger charge is 2.22. The molecule has 2 rings (SSSR count). The molecule has 1 saturated carbocycles.